The van der Waals surface area contributed by atoms with Crippen molar-refractivity contribution in [2.75, 3.05) is 0 Å². The Hall–Kier alpha value is -3.61. The van der Waals surface area contributed by atoms with Crippen LogP contribution in [-0.4, -0.2) is 38.6 Å². The molecule has 2 aliphatic rings. The molecule has 5 rings (SSSR count). The van der Waals surface area contributed by atoms with Crippen LogP contribution in [0.4, 0.5) is 0 Å². The first kappa shape index (κ1) is 16.6. The van der Waals surface area contributed by atoms with Gasteiger partial charge in [0.25, 0.3) is 5.91 Å². The lowest BCUT2D eigenvalue weighted by atomic mass is 10.0. The Balaban J connectivity index is 1.47. The standard InChI is InChI=1S/C21H16N4O3/c26-18-8-7-17(20(27)24-18)25-11-14-9-12(5-6-15(14)21(25)28)19-22-10-13-3-1-2-4-16(13)23-19/h1-6,9-10,17H,7-8,11H2,(H,24,26,27). The molecule has 0 bridgehead atoms. The van der Waals surface area contributed by atoms with Crippen molar-refractivity contribution in [3.63, 3.8) is 0 Å². The maximum absolute atomic E-state index is 12.8. The van der Waals surface area contributed by atoms with E-state index in [0.717, 1.165) is 22.0 Å². The number of rotatable bonds is 2. The smallest absolute Gasteiger partial charge is 0.255 e. The van der Waals surface area contributed by atoms with Gasteiger partial charge in [-0.25, -0.2) is 9.97 Å². The van der Waals surface area contributed by atoms with E-state index in [4.69, 9.17) is 0 Å². The quantitative estimate of drug-likeness (QED) is 0.695. The van der Waals surface area contributed by atoms with Gasteiger partial charge in [0.05, 0.1) is 5.52 Å². The Morgan fingerprint density at radius 3 is 2.79 bits per heavy atom. The van der Waals surface area contributed by atoms with Gasteiger partial charge in [0, 0.05) is 35.7 Å². The van der Waals surface area contributed by atoms with Crippen molar-refractivity contribution in [1.82, 2.24) is 20.2 Å². The number of imide groups is 1. The van der Waals surface area contributed by atoms with Crippen molar-refractivity contribution in [1.29, 1.82) is 0 Å². The van der Waals surface area contributed by atoms with Gasteiger partial charge in [-0.1, -0.05) is 24.3 Å². The molecule has 3 amide bonds. The van der Waals surface area contributed by atoms with Crippen molar-refractivity contribution in [3.8, 4) is 11.4 Å². The maximum Gasteiger partial charge on any atom is 0.255 e. The zero-order valence-electron chi connectivity index (χ0n) is 14.9. The van der Waals surface area contributed by atoms with Crippen molar-refractivity contribution < 1.29 is 14.4 Å². The molecule has 0 aliphatic carbocycles. The normalized spacial score (nSPS) is 19.1. The molecule has 1 saturated heterocycles. The zero-order valence-corrected chi connectivity index (χ0v) is 14.9. The van der Waals surface area contributed by atoms with Crippen LogP contribution in [0.1, 0.15) is 28.8 Å². The lowest BCUT2D eigenvalue weighted by Gasteiger charge is -2.29. The molecule has 1 atom stereocenters. The molecular weight excluding hydrogens is 356 g/mol. The number of carbonyl (C=O) groups is 3. The lowest BCUT2D eigenvalue weighted by molar-refractivity contribution is -0.136. The second-order valence-electron chi connectivity index (χ2n) is 7.02. The van der Waals surface area contributed by atoms with Gasteiger partial charge < -0.3 is 4.90 Å². The minimum absolute atomic E-state index is 0.185. The van der Waals surface area contributed by atoms with Gasteiger partial charge in [-0.3, -0.25) is 19.7 Å². The second-order valence-corrected chi connectivity index (χ2v) is 7.02. The van der Waals surface area contributed by atoms with Crippen molar-refractivity contribution >= 4 is 28.6 Å². The third-order valence-corrected chi connectivity index (χ3v) is 5.27. The first-order chi connectivity index (χ1) is 13.6. The topological polar surface area (TPSA) is 92.3 Å². The Morgan fingerprint density at radius 1 is 1.07 bits per heavy atom. The number of piperidine rings is 1. The van der Waals surface area contributed by atoms with Gasteiger partial charge in [-0.15, -0.1) is 0 Å². The number of hydrogen-bond acceptors (Lipinski definition) is 5. The molecule has 1 aromatic heterocycles. The van der Waals surface area contributed by atoms with Crippen molar-refractivity contribution in [2.24, 2.45) is 0 Å². The average Bonchev–Trinajstić information content (AvgIpc) is 3.03. The van der Waals surface area contributed by atoms with Gasteiger partial charge in [0.15, 0.2) is 5.82 Å². The summed E-state index contributed by atoms with van der Waals surface area (Å²) in [5.41, 5.74) is 3.09. The van der Waals surface area contributed by atoms with Crippen molar-refractivity contribution in [2.45, 2.75) is 25.4 Å². The highest BCUT2D eigenvalue weighted by atomic mass is 16.2. The van der Waals surface area contributed by atoms with Crippen LogP contribution in [0.2, 0.25) is 0 Å². The number of benzene rings is 2. The van der Waals surface area contributed by atoms with Crippen LogP contribution >= 0.6 is 0 Å². The summed E-state index contributed by atoms with van der Waals surface area (Å²) in [5.74, 6) is -0.291. The minimum Gasteiger partial charge on any atom is -0.322 e. The monoisotopic (exact) mass is 372 g/mol. The molecular formula is C21H16N4O3. The molecule has 0 spiro atoms. The van der Waals surface area contributed by atoms with E-state index in [2.05, 4.69) is 15.3 Å². The predicted molar refractivity (Wildman–Crippen MR) is 101 cm³/mol. The zero-order chi connectivity index (χ0) is 19.3. The summed E-state index contributed by atoms with van der Waals surface area (Å²) in [6.07, 6.45) is 2.38. The maximum atomic E-state index is 12.8. The molecule has 3 aromatic rings. The number of para-hydroxylation sites is 1. The molecule has 2 aliphatic heterocycles. The molecule has 28 heavy (non-hydrogen) atoms. The van der Waals surface area contributed by atoms with E-state index in [1.807, 2.05) is 36.4 Å². The molecule has 1 fully saturated rings. The minimum atomic E-state index is -0.613. The summed E-state index contributed by atoms with van der Waals surface area (Å²) in [6, 6.07) is 12.6. The number of fused-ring (bicyclic) bond motifs is 2. The Morgan fingerprint density at radius 2 is 1.93 bits per heavy atom. The summed E-state index contributed by atoms with van der Waals surface area (Å²) < 4.78 is 0. The first-order valence-electron chi connectivity index (χ1n) is 9.10. The largest absolute Gasteiger partial charge is 0.322 e. The molecule has 2 aromatic carbocycles. The fraction of sp³-hybridized carbons (Fsp3) is 0.190. The van der Waals surface area contributed by atoms with Crippen LogP contribution < -0.4 is 5.32 Å². The number of aromatic nitrogens is 2. The van der Waals surface area contributed by atoms with Crippen LogP contribution in [0.15, 0.2) is 48.7 Å². The third-order valence-electron chi connectivity index (χ3n) is 5.27. The summed E-state index contributed by atoms with van der Waals surface area (Å²) >= 11 is 0. The highest BCUT2D eigenvalue weighted by molar-refractivity contribution is 6.05. The van der Waals surface area contributed by atoms with E-state index in [9.17, 15) is 14.4 Å². The van der Waals surface area contributed by atoms with E-state index < -0.39 is 11.9 Å². The molecule has 0 saturated carbocycles. The highest BCUT2D eigenvalue weighted by Gasteiger charge is 2.39. The van der Waals surface area contributed by atoms with Gasteiger partial charge >= 0.3 is 0 Å². The first-order valence-corrected chi connectivity index (χ1v) is 9.10. The average molecular weight is 372 g/mol. The third kappa shape index (κ3) is 2.63. The Bertz CT molecular complexity index is 1160. The second kappa shape index (κ2) is 6.23. The fourth-order valence-corrected chi connectivity index (χ4v) is 3.82. The molecule has 7 nitrogen and oxygen atoms in total. The molecule has 7 heteroatoms. The van der Waals surface area contributed by atoms with E-state index in [0.29, 0.717) is 24.4 Å². The van der Waals surface area contributed by atoms with Crippen LogP contribution in [0.3, 0.4) is 0 Å². The Kier molecular flexibility index (Phi) is 3.68. The molecule has 1 unspecified atom stereocenters. The molecule has 138 valence electrons. The van der Waals surface area contributed by atoms with Gasteiger partial charge in [0.1, 0.15) is 6.04 Å². The fourth-order valence-electron chi connectivity index (χ4n) is 3.82. The molecule has 3 heterocycles. The van der Waals surface area contributed by atoms with Crippen LogP contribution in [-0.2, 0) is 16.1 Å². The lowest BCUT2D eigenvalue weighted by Crippen LogP contribution is -2.52. The van der Waals surface area contributed by atoms with Crippen LogP contribution in [0, 0.1) is 0 Å². The summed E-state index contributed by atoms with van der Waals surface area (Å²) in [5, 5.41) is 3.28. The number of amides is 3. The van der Waals surface area contributed by atoms with Crippen LogP contribution in [0.5, 0.6) is 0 Å². The van der Waals surface area contributed by atoms with E-state index in [1.165, 1.54) is 4.90 Å². The summed E-state index contributed by atoms with van der Waals surface area (Å²) in [4.78, 5) is 46.9. The van der Waals surface area contributed by atoms with E-state index >= 15 is 0 Å². The number of carbonyl (C=O) groups excluding carboxylic acids is 3. The summed E-state index contributed by atoms with van der Waals surface area (Å²) in [6.45, 7) is 0.335. The van der Waals surface area contributed by atoms with E-state index in [-0.39, 0.29) is 18.2 Å². The van der Waals surface area contributed by atoms with Crippen molar-refractivity contribution in [3.05, 3.63) is 59.8 Å². The molecule has 0 radical (unpaired) electrons. The Labute approximate surface area is 160 Å². The number of nitrogens with zero attached hydrogens (tertiary/aromatic N) is 3. The van der Waals surface area contributed by atoms with Crippen LogP contribution in [0.25, 0.3) is 22.3 Å². The molecule has 1 N–H and O–H groups in total. The van der Waals surface area contributed by atoms with Gasteiger partial charge in [0.2, 0.25) is 11.8 Å². The predicted octanol–water partition coefficient (Wildman–Crippen LogP) is 2.06. The highest BCUT2D eigenvalue weighted by Crippen LogP contribution is 2.30. The van der Waals surface area contributed by atoms with Gasteiger partial charge in [-0.2, -0.15) is 0 Å². The SMILES string of the molecule is O=C1CCC(N2Cc3cc(-c4ncc5ccccc5n4)ccc3C2=O)C(=O)N1. The summed E-state index contributed by atoms with van der Waals surface area (Å²) in [7, 11) is 0. The number of nitrogens with one attached hydrogen (secondary N) is 1. The number of hydrogen-bond donors (Lipinski definition) is 1. The van der Waals surface area contributed by atoms with Gasteiger partial charge in [-0.05, 0) is 30.2 Å². The van der Waals surface area contributed by atoms with E-state index in [1.54, 1.807) is 12.3 Å².